The van der Waals surface area contributed by atoms with Crippen molar-refractivity contribution >= 4 is 23.8 Å². The second-order valence-corrected chi connectivity index (χ2v) is 3.44. The zero-order chi connectivity index (χ0) is 6.69. The van der Waals surface area contributed by atoms with Gasteiger partial charge >= 0.3 is 6.19 Å². The monoisotopic (exact) mass is 144 g/mol. The van der Waals surface area contributed by atoms with Crippen LogP contribution in [0.3, 0.4) is 0 Å². The molecule has 0 aromatic rings. The Kier molecular flexibility index (Phi) is 2.45. The third kappa shape index (κ3) is 2.30. The van der Waals surface area contributed by atoms with Crippen molar-refractivity contribution in [2.75, 3.05) is 5.75 Å². The molecule has 1 heterocycles. The molecule has 0 radical (unpaired) electrons. The van der Waals surface area contributed by atoms with E-state index in [4.69, 9.17) is 4.65 Å². The van der Waals surface area contributed by atoms with Gasteiger partial charge in [0.25, 0.3) is 5.97 Å². The minimum Gasteiger partial charge on any atom is -0.525 e. The molecule has 50 valence electrons. The highest BCUT2D eigenvalue weighted by Gasteiger charge is 2.18. The van der Waals surface area contributed by atoms with E-state index in [9.17, 15) is 4.79 Å². The minimum absolute atomic E-state index is 0.0486. The molecular formula is C5H9BO2S. The molecule has 1 aliphatic rings. The van der Waals surface area contributed by atoms with Crippen molar-refractivity contribution in [3.05, 3.63) is 0 Å². The minimum atomic E-state index is -0.0486. The van der Waals surface area contributed by atoms with E-state index in [0.29, 0.717) is 6.42 Å². The number of hydrogen-bond donors (Lipinski definition) is 0. The molecule has 1 fully saturated rings. The van der Waals surface area contributed by atoms with E-state index in [1.807, 2.05) is 6.82 Å². The molecule has 0 saturated carbocycles. The number of carbonyl (C=O) groups is 1. The molecule has 1 rings (SSSR count). The van der Waals surface area contributed by atoms with Gasteiger partial charge in [0.2, 0.25) is 0 Å². The van der Waals surface area contributed by atoms with Gasteiger partial charge in [0.1, 0.15) is 0 Å². The Morgan fingerprint density at radius 2 is 2.56 bits per heavy atom. The van der Waals surface area contributed by atoms with E-state index in [1.165, 1.54) is 0 Å². The van der Waals surface area contributed by atoms with Crippen LogP contribution in [0.25, 0.3) is 0 Å². The zero-order valence-corrected chi connectivity index (χ0v) is 6.24. The fraction of sp³-hybridized carbons (Fsp3) is 0.800. The summed E-state index contributed by atoms with van der Waals surface area (Å²) in [6.45, 7) is 1.91. The van der Waals surface area contributed by atoms with Gasteiger partial charge in [-0.15, -0.1) is 0 Å². The van der Waals surface area contributed by atoms with E-state index in [1.54, 1.807) is 11.6 Å². The summed E-state index contributed by atoms with van der Waals surface area (Å²) in [5, 5.41) is 0. The Morgan fingerprint density at radius 1 is 1.78 bits per heavy atom. The molecule has 0 spiro atoms. The molecule has 0 aliphatic carbocycles. The van der Waals surface area contributed by atoms with Crippen molar-refractivity contribution in [1.82, 2.24) is 0 Å². The third-order valence-electron chi connectivity index (χ3n) is 1.18. The van der Waals surface area contributed by atoms with Crippen LogP contribution >= 0.6 is 11.6 Å². The first-order valence-corrected chi connectivity index (χ1v) is 4.15. The number of hydrogen-bond acceptors (Lipinski definition) is 3. The molecule has 0 aromatic carbocycles. The maximum atomic E-state index is 10.7. The largest absolute Gasteiger partial charge is 0.525 e. The van der Waals surface area contributed by atoms with E-state index in [2.05, 4.69) is 0 Å². The summed E-state index contributed by atoms with van der Waals surface area (Å²) >= 11 is 1.70. The van der Waals surface area contributed by atoms with Crippen LogP contribution in [0, 0.1) is 0 Å². The highest BCUT2D eigenvalue weighted by molar-refractivity contribution is 8.24. The van der Waals surface area contributed by atoms with Crippen molar-refractivity contribution in [3.8, 4) is 0 Å². The third-order valence-corrected chi connectivity index (χ3v) is 2.27. The molecule has 0 unspecified atom stereocenters. The van der Waals surface area contributed by atoms with Gasteiger partial charge in [-0.25, -0.2) is 0 Å². The van der Waals surface area contributed by atoms with Crippen molar-refractivity contribution < 1.29 is 9.45 Å². The Labute approximate surface area is 59.3 Å². The smallest absolute Gasteiger partial charge is 0.426 e. The van der Waals surface area contributed by atoms with Gasteiger partial charge < -0.3 is 4.65 Å². The van der Waals surface area contributed by atoms with Crippen LogP contribution in [-0.2, 0) is 9.45 Å². The van der Waals surface area contributed by atoms with Gasteiger partial charge in [-0.2, -0.15) is 11.6 Å². The van der Waals surface area contributed by atoms with E-state index >= 15 is 0 Å². The van der Waals surface area contributed by atoms with Gasteiger partial charge in [-0.3, -0.25) is 4.79 Å². The van der Waals surface area contributed by atoms with Crippen LogP contribution in [0.15, 0.2) is 0 Å². The average Bonchev–Trinajstić information content (AvgIpc) is 1.93. The normalized spacial score (nSPS) is 21.0. The van der Waals surface area contributed by atoms with Gasteiger partial charge in [-0.1, -0.05) is 0 Å². The summed E-state index contributed by atoms with van der Waals surface area (Å²) in [6.07, 6.45) is 1.63. The average molecular weight is 144 g/mol. The molecule has 0 aromatic heterocycles. The fourth-order valence-electron chi connectivity index (χ4n) is 0.744. The molecule has 1 saturated heterocycles. The van der Waals surface area contributed by atoms with E-state index in [0.717, 1.165) is 12.2 Å². The summed E-state index contributed by atoms with van der Waals surface area (Å²) in [4.78, 5) is 10.7. The van der Waals surface area contributed by atoms with Gasteiger partial charge in [0.05, 0.1) is 0 Å². The Hall–Kier alpha value is -0.115. The van der Waals surface area contributed by atoms with Crippen molar-refractivity contribution in [2.24, 2.45) is 0 Å². The topological polar surface area (TPSA) is 26.3 Å². The van der Waals surface area contributed by atoms with Crippen LogP contribution in [0.2, 0.25) is 6.82 Å². The standard InChI is InChI=1S/C5H9BO2S/c1-6-8-5(7)3-2-4-9-6/h2-4H2,1H3. The van der Waals surface area contributed by atoms with Crippen LogP contribution in [0.4, 0.5) is 0 Å². The summed E-state index contributed by atoms with van der Waals surface area (Å²) in [5.41, 5.74) is 0. The molecule has 2 nitrogen and oxygen atoms in total. The van der Waals surface area contributed by atoms with E-state index < -0.39 is 0 Å². The Bertz CT molecular complexity index is 118. The first-order valence-electron chi connectivity index (χ1n) is 3.10. The molecule has 0 amide bonds. The van der Waals surface area contributed by atoms with Gasteiger partial charge in [0, 0.05) is 6.42 Å². The zero-order valence-electron chi connectivity index (χ0n) is 5.42. The van der Waals surface area contributed by atoms with Gasteiger partial charge in [0.15, 0.2) is 0 Å². The highest BCUT2D eigenvalue weighted by Crippen LogP contribution is 2.15. The van der Waals surface area contributed by atoms with Crippen LogP contribution in [0.5, 0.6) is 0 Å². The highest BCUT2D eigenvalue weighted by atomic mass is 32.2. The lowest BCUT2D eigenvalue weighted by Crippen LogP contribution is -2.12. The lowest BCUT2D eigenvalue weighted by atomic mass is 10.1. The first kappa shape index (κ1) is 7.00. The maximum Gasteiger partial charge on any atom is 0.426 e. The number of carbonyl (C=O) groups excluding carboxylic acids is 1. The molecule has 0 N–H and O–H groups in total. The second kappa shape index (κ2) is 3.15. The maximum absolute atomic E-state index is 10.7. The molecule has 4 heteroatoms. The van der Waals surface area contributed by atoms with Crippen LogP contribution in [-0.4, -0.2) is 17.9 Å². The van der Waals surface area contributed by atoms with Crippen molar-refractivity contribution in [1.29, 1.82) is 0 Å². The Morgan fingerprint density at radius 3 is 3.33 bits per heavy atom. The van der Waals surface area contributed by atoms with Crippen LogP contribution in [0.1, 0.15) is 12.8 Å². The fourth-order valence-corrected chi connectivity index (χ4v) is 1.56. The SMILES string of the molecule is CB1OC(=O)CCCS1. The van der Waals surface area contributed by atoms with Gasteiger partial charge in [-0.05, 0) is 19.0 Å². The molecule has 9 heavy (non-hydrogen) atoms. The predicted molar refractivity (Wildman–Crippen MR) is 39.4 cm³/mol. The Balaban J connectivity index is 2.37. The molecule has 0 atom stereocenters. The molecular weight excluding hydrogens is 135 g/mol. The summed E-state index contributed by atoms with van der Waals surface area (Å²) in [5.74, 6) is 1.000. The molecule has 0 bridgehead atoms. The van der Waals surface area contributed by atoms with Crippen molar-refractivity contribution in [2.45, 2.75) is 19.7 Å². The lowest BCUT2D eigenvalue weighted by Gasteiger charge is -2.01. The summed E-state index contributed by atoms with van der Waals surface area (Å²) in [6, 6.07) is 0. The van der Waals surface area contributed by atoms with Crippen molar-refractivity contribution in [3.63, 3.8) is 0 Å². The van der Waals surface area contributed by atoms with Crippen LogP contribution < -0.4 is 0 Å². The molecule has 1 aliphatic heterocycles. The second-order valence-electron chi connectivity index (χ2n) is 2.03. The first-order chi connectivity index (χ1) is 4.29. The quantitative estimate of drug-likeness (QED) is 0.477. The van der Waals surface area contributed by atoms with E-state index in [-0.39, 0.29) is 12.2 Å². The predicted octanol–water partition coefficient (Wildman–Crippen LogP) is 1.17. The number of rotatable bonds is 0. The summed E-state index contributed by atoms with van der Waals surface area (Å²) < 4.78 is 4.94. The lowest BCUT2D eigenvalue weighted by molar-refractivity contribution is -0.134. The summed E-state index contributed by atoms with van der Waals surface area (Å²) in [7, 11) is 0.